The molecule has 6 heteroatoms. The van der Waals surface area contributed by atoms with Crippen LogP contribution in [0.5, 0.6) is 0 Å². The number of nitrogens with zero attached hydrogens (tertiary/aromatic N) is 3. The van der Waals surface area contributed by atoms with Gasteiger partial charge in [0, 0.05) is 22.9 Å². The Balaban J connectivity index is 1.95. The van der Waals surface area contributed by atoms with Crippen LogP contribution >= 0.6 is 11.6 Å². The number of aromatic nitrogens is 2. The summed E-state index contributed by atoms with van der Waals surface area (Å²) in [5.74, 6) is 1.22. The first kappa shape index (κ1) is 16.1. The Morgan fingerprint density at radius 2 is 1.88 bits per heavy atom. The van der Waals surface area contributed by atoms with Gasteiger partial charge < -0.3 is 16.0 Å². The van der Waals surface area contributed by atoms with Gasteiger partial charge in [-0.3, -0.25) is 0 Å². The van der Waals surface area contributed by atoms with Gasteiger partial charge in [0.2, 0.25) is 0 Å². The molecule has 3 rings (SSSR count). The Bertz CT molecular complexity index is 823. The standard InChI is InChI=1S/C18H18ClN5/c1-2-24(15-9-4-3-5-10-15)18-16(20)17(21-12-22-18)23-14-8-6-7-13(19)11-14/h3-12H,2,20H2,1H3,(H,21,22,23). The molecule has 0 fully saturated rings. The molecule has 3 aromatic rings. The number of benzene rings is 2. The maximum absolute atomic E-state index is 6.32. The Morgan fingerprint density at radius 1 is 1.08 bits per heavy atom. The molecule has 1 heterocycles. The van der Waals surface area contributed by atoms with Crippen LogP contribution in [0.1, 0.15) is 6.92 Å². The number of hydrogen-bond acceptors (Lipinski definition) is 5. The summed E-state index contributed by atoms with van der Waals surface area (Å²) in [5, 5.41) is 3.84. The zero-order valence-corrected chi connectivity index (χ0v) is 14.0. The molecule has 3 N–H and O–H groups in total. The van der Waals surface area contributed by atoms with Crippen LogP contribution in [0.15, 0.2) is 60.9 Å². The molecule has 0 saturated carbocycles. The van der Waals surface area contributed by atoms with E-state index in [1.54, 1.807) is 0 Å². The number of hydrogen-bond donors (Lipinski definition) is 2. The Hall–Kier alpha value is -2.79. The van der Waals surface area contributed by atoms with Crippen LogP contribution in [0.3, 0.4) is 0 Å². The van der Waals surface area contributed by atoms with Crippen LogP contribution in [0.4, 0.5) is 28.7 Å². The van der Waals surface area contributed by atoms with Crippen LogP contribution in [0.25, 0.3) is 0 Å². The fourth-order valence-electron chi connectivity index (χ4n) is 2.47. The van der Waals surface area contributed by atoms with Crippen LogP contribution in [0, 0.1) is 0 Å². The predicted octanol–water partition coefficient (Wildman–Crippen LogP) is 4.61. The second-order valence-corrected chi connectivity index (χ2v) is 5.61. The molecule has 122 valence electrons. The third-order valence-electron chi connectivity index (χ3n) is 3.59. The highest BCUT2D eigenvalue weighted by molar-refractivity contribution is 6.30. The van der Waals surface area contributed by atoms with Crippen molar-refractivity contribution in [3.63, 3.8) is 0 Å². The highest BCUT2D eigenvalue weighted by atomic mass is 35.5. The van der Waals surface area contributed by atoms with Gasteiger partial charge in [0.15, 0.2) is 11.6 Å². The third kappa shape index (κ3) is 3.41. The molecule has 5 nitrogen and oxygen atoms in total. The summed E-state index contributed by atoms with van der Waals surface area (Å²) in [7, 11) is 0. The second kappa shape index (κ2) is 7.19. The van der Waals surface area contributed by atoms with Crippen molar-refractivity contribution in [2.45, 2.75) is 6.92 Å². The molecule has 0 atom stereocenters. The Kier molecular flexibility index (Phi) is 4.82. The monoisotopic (exact) mass is 339 g/mol. The predicted molar refractivity (Wildman–Crippen MR) is 100 cm³/mol. The molecule has 0 bridgehead atoms. The number of nitrogen functional groups attached to an aromatic ring is 1. The number of nitrogens with two attached hydrogens (primary N) is 1. The number of rotatable bonds is 5. The van der Waals surface area contributed by atoms with E-state index < -0.39 is 0 Å². The lowest BCUT2D eigenvalue weighted by atomic mass is 10.2. The van der Waals surface area contributed by atoms with Gasteiger partial charge in [-0.25, -0.2) is 9.97 Å². The Labute approximate surface area is 146 Å². The maximum Gasteiger partial charge on any atom is 0.161 e. The van der Waals surface area contributed by atoms with Crippen molar-refractivity contribution in [2.24, 2.45) is 0 Å². The van der Waals surface area contributed by atoms with Crippen LogP contribution in [-0.4, -0.2) is 16.5 Å². The van der Waals surface area contributed by atoms with Crippen molar-refractivity contribution in [1.29, 1.82) is 0 Å². The average molecular weight is 340 g/mol. The molecule has 0 saturated heterocycles. The van der Waals surface area contributed by atoms with Gasteiger partial charge in [0.1, 0.15) is 12.0 Å². The van der Waals surface area contributed by atoms with Crippen molar-refractivity contribution in [3.05, 3.63) is 65.9 Å². The van der Waals surface area contributed by atoms with Crippen molar-refractivity contribution in [3.8, 4) is 0 Å². The lowest BCUT2D eigenvalue weighted by molar-refractivity contribution is 0.980. The van der Waals surface area contributed by atoms with Gasteiger partial charge in [-0.2, -0.15) is 0 Å². The van der Waals surface area contributed by atoms with Crippen molar-refractivity contribution < 1.29 is 0 Å². The van der Waals surface area contributed by atoms with E-state index in [2.05, 4.69) is 22.2 Å². The largest absolute Gasteiger partial charge is 0.393 e. The molecule has 0 aliphatic heterocycles. The topological polar surface area (TPSA) is 67.1 Å². The number of anilines is 5. The molecule has 1 aromatic heterocycles. The number of halogens is 1. The van der Waals surface area contributed by atoms with E-state index in [0.717, 1.165) is 17.9 Å². The third-order valence-corrected chi connectivity index (χ3v) is 3.83. The first-order chi connectivity index (χ1) is 11.7. The average Bonchev–Trinajstić information content (AvgIpc) is 2.60. The molecular weight excluding hydrogens is 322 g/mol. The Morgan fingerprint density at radius 3 is 2.58 bits per heavy atom. The van der Waals surface area contributed by atoms with Gasteiger partial charge >= 0.3 is 0 Å². The smallest absolute Gasteiger partial charge is 0.161 e. The lowest BCUT2D eigenvalue weighted by Gasteiger charge is -2.24. The van der Waals surface area contributed by atoms with Crippen LogP contribution < -0.4 is 16.0 Å². The molecule has 2 aromatic carbocycles. The van der Waals surface area contributed by atoms with E-state index in [4.69, 9.17) is 17.3 Å². The molecule has 0 aliphatic rings. The highest BCUT2D eigenvalue weighted by Gasteiger charge is 2.15. The maximum atomic E-state index is 6.32. The van der Waals surface area contributed by atoms with E-state index in [-0.39, 0.29) is 0 Å². The minimum atomic E-state index is 0.489. The summed E-state index contributed by atoms with van der Waals surface area (Å²) in [6.45, 7) is 2.79. The highest BCUT2D eigenvalue weighted by Crippen LogP contribution is 2.32. The van der Waals surface area contributed by atoms with Crippen molar-refractivity contribution >= 4 is 40.3 Å². The zero-order chi connectivity index (χ0) is 16.9. The second-order valence-electron chi connectivity index (χ2n) is 5.17. The van der Waals surface area contributed by atoms with Gasteiger partial charge in [0.25, 0.3) is 0 Å². The number of nitrogens with one attached hydrogen (secondary N) is 1. The lowest BCUT2D eigenvalue weighted by Crippen LogP contribution is -2.19. The van der Waals surface area contributed by atoms with Gasteiger partial charge in [-0.05, 0) is 37.3 Å². The van der Waals surface area contributed by atoms with E-state index in [9.17, 15) is 0 Å². The van der Waals surface area contributed by atoms with E-state index in [1.165, 1.54) is 6.33 Å². The minimum Gasteiger partial charge on any atom is -0.393 e. The van der Waals surface area contributed by atoms with Crippen LogP contribution in [-0.2, 0) is 0 Å². The summed E-state index contributed by atoms with van der Waals surface area (Å²) >= 11 is 6.02. The van der Waals surface area contributed by atoms with Gasteiger partial charge in [-0.15, -0.1) is 0 Å². The molecular formula is C18H18ClN5. The first-order valence-corrected chi connectivity index (χ1v) is 8.02. The van der Waals surface area contributed by atoms with Gasteiger partial charge in [0.05, 0.1) is 0 Å². The molecule has 0 aliphatic carbocycles. The summed E-state index contributed by atoms with van der Waals surface area (Å²) in [6, 6.07) is 17.4. The van der Waals surface area contributed by atoms with Crippen molar-refractivity contribution in [1.82, 2.24) is 9.97 Å². The number of para-hydroxylation sites is 1. The van der Waals surface area contributed by atoms with E-state index in [0.29, 0.717) is 22.3 Å². The summed E-state index contributed by atoms with van der Waals surface area (Å²) in [4.78, 5) is 10.7. The first-order valence-electron chi connectivity index (χ1n) is 7.64. The van der Waals surface area contributed by atoms with E-state index >= 15 is 0 Å². The van der Waals surface area contributed by atoms with Gasteiger partial charge in [-0.1, -0.05) is 35.9 Å². The molecule has 0 amide bonds. The summed E-state index contributed by atoms with van der Waals surface area (Å²) in [5.41, 5.74) is 8.66. The summed E-state index contributed by atoms with van der Waals surface area (Å²) in [6.07, 6.45) is 1.50. The summed E-state index contributed by atoms with van der Waals surface area (Å²) < 4.78 is 0. The van der Waals surface area contributed by atoms with E-state index in [1.807, 2.05) is 59.5 Å². The van der Waals surface area contributed by atoms with Crippen LogP contribution in [0.2, 0.25) is 5.02 Å². The normalized spacial score (nSPS) is 10.4. The molecule has 0 radical (unpaired) electrons. The fourth-order valence-corrected chi connectivity index (χ4v) is 2.66. The molecule has 24 heavy (non-hydrogen) atoms. The minimum absolute atomic E-state index is 0.489. The molecule has 0 unspecified atom stereocenters. The fraction of sp³-hybridized carbons (Fsp3) is 0.111. The van der Waals surface area contributed by atoms with Crippen molar-refractivity contribution in [2.75, 3.05) is 22.5 Å². The SMILES string of the molecule is CCN(c1ccccc1)c1ncnc(Nc2cccc(Cl)c2)c1N. The molecule has 0 spiro atoms. The quantitative estimate of drug-likeness (QED) is 0.710. The zero-order valence-electron chi connectivity index (χ0n) is 13.3.